The molecule has 16 heavy (non-hydrogen) atoms. The maximum Gasteiger partial charge on any atom is 0.124 e. The average Bonchev–Trinajstić information content (AvgIpc) is 2.76. The molecule has 4 nitrogen and oxygen atoms in total. The molecule has 0 aromatic carbocycles. The minimum atomic E-state index is 0.532. The Morgan fingerprint density at radius 3 is 2.94 bits per heavy atom. The number of nitrogens with one attached hydrogen (secondary N) is 1. The van der Waals surface area contributed by atoms with E-state index in [1.54, 1.807) is 0 Å². The van der Waals surface area contributed by atoms with E-state index in [0.717, 1.165) is 32.6 Å². The van der Waals surface area contributed by atoms with Gasteiger partial charge in [0.1, 0.15) is 5.82 Å². The summed E-state index contributed by atoms with van der Waals surface area (Å²) in [6.07, 6.45) is 3.40. The normalized spacial score (nSPS) is 26.2. The van der Waals surface area contributed by atoms with E-state index in [2.05, 4.69) is 23.0 Å². The van der Waals surface area contributed by atoms with Gasteiger partial charge in [-0.15, -0.1) is 0 Å². The molecule has 3 rings (SSSR count). The summed E-state index contributed by atoms with van der Waals surface area (Å²) in [4.78, 5) is 0. The molecule has 2 aliphatic heterocycles. The van der Waals surface area contributed by atoms with Crippen molar-refractivity contribution in [2.24, 2.45) is 0 Å². The van der Waals surface area contributed by atoms with Crippen LogP contribution in [0, 0.1) is 0 Å². The van der Waals surface area contributed by atoms with Crippen LogP contribution in [0.1, 0.15) is 43.8 Å². The van der Waals surface area contributed by atoms with Crippen molar-refractivity contribution < 1.29 is 4.74 Å². The van der Waals surface area contributed by atoms with Crippen LogP contribution in [0.5, 0.6) is 0 Å². The molecule has 0 bridgehead atoms. The lowest BCUT2D eigenvalue weighted by atomic mass is 9.97. The Kier molecular flexibility index (Phi) is 2.59. The van der Waals surface area contributed by atoms with Crippen molar-refractivity contribution in [3.63, 3.8) is 0 Å². The highest BCUT2D eigenvalue weighted by molar-refractivity contribution is 5.40. The first-order valence-electron chi connectivity index (χ1n) is 6.25. The lowest BCUT2D eigenvalue weighted by molar-refractivity contribution is 0.0843. The highest BCUT2D eigenvalue weighted by Crippen LogP contribution is 2.31. The molecule has 0 spiro atoms. The maximum atomic E-state index is 5.39. The molecule has 1 atom stereocenters. The predicted octanol–water partition coefficient (Wildman–Crippen LogP) is 2.15. The van der Waals surface area contributed by atoms with E-state index in [-0.39, 0.29) is 0 Å². The first kappa shape index (κ1) is 10.1. The van der Waals surface area contributed by atoms with Crippen molar-refractivity contribution in [2.45, 2.75) is 38.1 Å². The predicted molar refractivity (Wildman–Crippen MR) is 62.8 cm³/mol. The molecule has 1 fully saturated rings. The van der Waals surface area contributed by atoms with Gasteiger partial charge in [0.2, 0.25) is 0 Å². The van der Waals surface area contributed by atoms with Crippen molar-refractivity contribution in [3.8, 4) is 0 Å². The fourth-order valence-electron chi connectivity index (χ4n) is 2.61. The molecule has 1 N–H and O–H groups in total. The molecule has 3 heterocycles. The van der Waals surface area contributed by atoms with Gasteiger partial charge < -0.3 is 10.1 Å². The molecular weight excluding hydrogens is 202 g/mol. The van der Waals surface area contributed by atoms with Crippen LogP contribution in [0.4, 0.5) is 5.82 Å². The lowest BCUT2D eigenvalue weighted by Crippen LogP contribution is -2.21. The number of nitrogens with zero attached hydrogens (tertiary/aromatic N) is 2. The lowest BCUT2D eigenvalue weighted by Gasteiger charge is -2.22. The van der Waals surface area contributed by atoms with Crippen LogP contribution in [-0.4, -0.2) is 29.5 Å². The fraction of sp³-hybridized carbons (Fsp3) is 0.750. The minimum absolute atomic E-state index is 0.532. The summed E-state index contributed by atoms with van der Waals surface area (Å²) in [5, 5.41) is 8.18. The van der Waals surface area contributed by atoms with Gasteiger partial charge in [0, 0.05) is 31.7 Å². The third kappa shape index (κ3) is 1.71. The Hall–Kier alpha value is -1.03. The zero-order chi connectivity index (χ0) is 11.0. The van der Waals surface area contributed by atoms with E-state index in [0.29, 0.717) is 12.0 Å². The van der Waals surface area contributed by atoms with Crippen molar-refractivity contribution in [1.82, 2.24) is 9.78 Å². The molecular formula is C12H19N3O. The number of rotatable bonds is 1. The first-order chi connectivity index (χ1) is 7.84. The van der Waals surface area contributed by atoms with Crippen molar-refractivity contribution in [3.05, 3.63) is 11.8 Å². The largest absolute Gasteiger partial charge is 0.381 e. The zero-order valence-corrected chi connectivity index (χ0v) is 9.78. The Balaban J connectivity index is 1.85. The molecule has 88 valence electrons. The molecule has 4 heteroatoms. The summed E-state index contributed by atoms with van der Waals surface area (Å²) in [6, 6.07) is 2.76. The molecule has 1 aromatic rings. The third-order valence-corrected chi connectivity index (χ3v) is 3.68. The monoisotopic (exact) mass is 221 g/mol. The van der Waals surface area contributed by atoms with Crippen LogP contribution in [0.3, 0.4) is 0 Å². The molecule has 0 radical (unpaired) electrons. The summed E-state index contributed by atoms with van der Waals surface area (Å²) >= 11 is 0. The summed E-state index contributed by atoms with van der Waals surface area (Å²) < 4.78 is 7.54. The number of fused-ring (bicyclic) bond motifs is 1. The summed E-state index contributed by atoms with van der Waals surface area (Å²) in [7, 11) is 0. The van der Waals surface area contributed by atoms with Gasteiger partial charge in [0.15, 0.2) is 0 Å². The van der Waals surface area contributed by atoms with Crippen LogP contribution in [0.15, 0.2) is 6.07 Å². The van der Waals surface area contributed by atoms with E-state index < -0.39 is 0 Å². The van der Waals surface area contributed by atoms with Crippen LogP contribution in [-0.2, 0) is 4.74 Å². The van der Waals surface area contributed by atoms with E-state index in [4.69, 9.17) is 9.84 Å². The van der Waals surface area contributed by atoms with Crippen LogP contribution in [0.2, 0.25) is 0 Å². The second-order valence-electron chi connectivity index (χ2n) is 4.85. The summed E-state index contributed by atoms with van der Waals surface area (Å²) in [5.74, 6) is 1.79. The Bertz CT molecular complexity index is 368. The molecule has 1 aromatic heterocycles. The Morgan fingerprint density at radius 2 is 2.19 bits per heavy atom. The Morgan fingerprint density at radius 1 is 1.38 bits per heavy atom. The summed E-state index contributed by atoms with van der Waals surface area (Å²) in [6.45, 7) is 5.08. The zero-order valence-electron chi connectivity index (χ0n) is 9.78. The number of hydrogen-bond acceptors (Lipinski definition) is 3. The van der Waals surface area contributed by atoms with Gasteiger partial charge >= 0.3 is 0 Å². The summed E-state index contributed by atoms with van der Waals surface area (Å²) in [5.41, 5.74) is 1.25. The van der Waals surface area contributed by atoms with Gasteiger partial charge in [-0.1, -0.05) is 0 Å². The number of aromatic nitrogens is 2. The highest BCUT2D eigenvalue weighted by atomic mass is 16.5. The van der Waals surface area contributed by atoms with Gasteiger partial charge in [0.05, 0.1) is 11.7 Å². The van der Waals surface area contributed by atoms with Gasteiger partial charge in [-0.25, -0.2) is 4.68 Å². The van der Waals surface area contributed by atoms with Gasteiger partial charge in [-0.05, 0) is 26.2 Å². The SMILES string of the molecule is CC1CCNc2cc(C3CCOCC3)nn21. The van der Waals surface area contributed by atoms with Gasteiger partial charge in [-0.2, -0.15) is 5.10 Å². The second-order valence-corrected chi connectivity index (χ2v) is 4.85. The van der Waals surface area contributed by atoms with Crippen LogP contribution >= 0.6 is 0 Å². The van der Waals surface area contributed by atoms with Gasteiger partial charge in [0.25, 0.3) is 0 Å². The maximum absolute atomic E-state index is 5.39. The average molecular weight is 221 g/mol. The number of anilines is 1. The van der Waals surface area contributed by atoms with E-state index in [9.17, 15) is 0 Å². The van der Waals surface area contributed by atoms with Gasteiger partial charge in [-0.3, -0.25) is 0 Å². The first-order valence-corrected chi connectivity index (χ1v) is 6.25. The second kappa shape index (κ2) is 4.09. The molecule has 1 saturated heterocycles. The number of ether oxygens (including phenoxy) is 1. The van der Waals surface area contributed by atoms with E-state index in [1.165, 1.54) is 17.9 Å². The van der Waals surface area contributed by atoms with Crippen LogP contribution < -0.4 is 5.32 Å². The quantitative estimate of drug-likeness (QED) is 0.789. The molecule has 1 unspecified atom stereocenters. The molecule has 0 saturated carbocycles. The topological polar surface area (TPSA) is 39.1 Å². The smallest absolute Gasteiger partial charge is 0.124 e. The van der Waals surface area contributed by atoms with E-state index >= 15 is 0 Å². The minimum Gasteiger partial charge on any atom is -0.381 e. The molecule has 0 amide bonds. The fourth-order valence-corrected chi connectivity index (χ4v) is 2.61. The van der Waals surface area contributed by atoms with Crippen molar-refractivity contribution in [1.29, 1.82) is 0 Å². The molecule has 2 aliphatic rings. The van der Waals surface area contributed by atoms with E-state index in [1.807, 2.05) is 0 Å². The third-order valence-electron chi connectivity index (χ3n) is 3.68. The molecule has 0 aliphatic carbocycles. The highest BCUT2D eigenvalue weighted by Gasteiger charge is 2.23. The Labute approximate surface area is 96.0 Å². The van der Waals surface area contributed by atoms with Crippen LogP contribution in [0.25, 0.3) is 0 Å². The standard InChI is InChI=1S/C12H19N3O/c1-9-2-5-13-12-8-11(14-15(9)12)10-3-6-16-7-4-10/h8-10,13H,2-7H2,1H3. The van der Waals surface area contributed by atoms with Crippen molar-refractivity contribution in [2.75, 3.05) is 25.1 Å². The van der Waals surface area contributed by atoms with Crippen molar-refractivity contribution >= 4 is 5.82 Å². The number of hydrogen-bond donors (Lipinski definition) is 1.